The number of pyridine rings is 1. The largest absolute Gasteiger partial charge is 0.506 e. The van der Waals surface area contributed by atoms with E-state index >= 15 is 0 Å². The van der Waals surface area contributed by atoms with Crippen molar-refractivity contribution < 1.29 is 14.6 Å². The summed E-state index contributed by atoms with van der Waals surface area (Å²) in [7, 11) is 1.34. The molecule has 0 unspecified atom stereocenters. The number of carbonyl (C=O) groups excluding carboxylic acids is 1. The van der Waals surface area contributed by atoms with Gasteiger partial charge in [-0.1, -0.05) is 6.92 Å². The van der Waals surface area contributed by atoms with Gasteiger partial charge in [0.15, 0.2) is 11.3 Å². The number of halogens is 2. The van der Waals surface area contributed by atoms with Gasteiger partial charge in [0, 0.05) is 6.42 Å². The number of carbonyl (C=O) groups is 1. The lowest BCUT2D eigenvalue weighted by atomic mass is 10.2. The van der Waals surface area contributed by atoms with E-state index in [1.807, 2.05) is 30.5 Å². The second-order valence-electron chi connectivity index (χ2n) is 5.86. The lowest BCUT2D eigenvalue weighted by Crippen LogP contribution is -2.09. The molecule has 0 fully saturated rings. The fourth-order valence-corrected chi connectivity index (χ4v) is 4.11. The number of benzene rings is 1. The van der Waals surface area contributed by atoms with E-state index in [1.165, 1.54) is 7.11 Å². The third-order valence-electron chi connectivity index (χ3n) is 4.10. The van der Waals surface area contributed by atoms with Crippen LogP contribution in [0.5, 0.6) is 5.75 Å². The van der Waals surface area contributed by atoms with Gasteiger partial charge in [-0.15, -0.1) is 0 Å². The highest BCUT2D eigenvalue weighted by atomic mass is 79.9. The summed E-state index contributed by atoms with van der Waals surface area (Å²) in [6.45, 7) is 4.44. The normalized spacial score (nSPS) is 11.1. The van der Waals surface area contributed by atoms with Crippen LogP contribution < -0.4 is 0 Å². The standard InChI is InChI=1S/C18H17Br2N3O3/c1-4-14-22-15-9(2)5-13(18(25)26-3)21-17(15)23(14)8-10-6-11(19)16(24)12(20)7-10/h5-7,24H,4,8H2,1-3H3. The highest BCUT2D eigenvalue weighted by Gasteiger charge is 2.18. The Kier molecular flexibility index (Phi) is 5.34. The van der Waals surface area contributed by atoms with Crippen LogP contribution in [0.4, 0.5) is 0 Å². The molecule has 0 bridgehead atoms. The van der Waals surface area contributed by atoms with Crippen molar-refractivity contribution in [2.75, 3.05) is 7.11 Å². The maximum atomic E-state index is 11.9. The van der Waals surface area contributed by atoms with E-state index in [-0.39, 0.29) is 11.4 Å². The van der Waals surface area contributed by atoms with Crippen LogP contribution >= 0.6 is 31.9 Å². The molecule has 0 amide bonds. The summed E-state index contributed by atoms with van der Waals surface area (Å²) in [6.07, 6.45) is 0.726. The van der Waals surface area contributed by atoms with Crippen LogP contribution in [-0.2, 0) is 17.7 Å². The first kappa shape index (κ1) is 18.8. The van der Waals surface area contributed by atoms with Crippen LogP contribution in [0, 0.1) is 6.92 Å². The van der Waals surface area contributed by atoms with Crippen molar-refractivity contribution in [2.45, 2.75) is 26.8 Å². The molecule has 0 aliphatic heterocycles. The molecule has 2 heterocycles. The second-order valence-corrected chi connectivity index (χ2v) is 7.57. The summed E-state index contributed by atoms with van der Waals surface area (Å²) in [5.41, 5.74) is 3.50. The number of imidazole rings is 1. The van der Waals surface area contributed by atoms with Crippen LogP contribution in [0.25, 0.3) is 11.2 Å². The van der Waals surface area contributed by atoms with E-state index < -0.39 is 5.97 Å². The molecule has 3 rings (SSSR count). The summed E-state index contributed by atoms with van der Waals surface area (Å²) in [5, 5.41) is 9.91. The van der Waals surface area contributed by atoms with Gasteiger partial charge in [-0.25, -0.2) is 14.8 Å². The summed E-state index contributed by atoms with van der Waals surface area (Å²) >= 11 is 6.71. The average Bonchev–Trinajstić information content (AvgIpc) is 2.97. The molecule has 0 atom stereocenters. The first-order valence-corrected chi connectivity index (χ1v) is 9.56. The van der Waals surface area contributed by atoms with Crippen LogP contribution in [0.3, 0.4) is 0 Å². The molecule has 26 heavy (non-hydrogen) atoms. The molecule has 0 saturated heterocycles. The number of hydrogen-bond acceptors (Lipinski definition) is 5. The number of esters is 1. The monoisotopic (exact) mass is 481 g/mol. The average molecular weight is 483 g/mol. The van der Waals surface area contributed by atoms with Gasteiger partial charge in [-0.2, -0.15) is 0 Å². The molecule has 8 heteroatoms. The fourth-order valence-electron chi connectivity index (χ4n) is 2.82. The van der Waals surface area contributed by atoms with Gasteiger partial charge in [0.25, 0.3) is 0 Å². The molecule has 2 aromatic heterocycles. The highest BCUT2D eigenvalue weighted by Crippen LogP contribution is 2.34. The summed E-state index contributed by atoms with van der Waals surface area (Å²) in [6, 6.07) is 5.39. The smallest absolute Gasteiger partial charge is 0.356 e. The lowest BCUT2D eigenvalue weighted by molar-refractivity contribution is 0.0594. The molecule has 1 N–H and O–H groups in total. The molecule has 0 aliphatic carbocycles. The molecule has 6 nitrogen and oxygen atoms in total. The van der Waals surface area contributed by atoms with E-state index in [2.05, 4.69) is 36.8 Å². The summed E-state index contributed by atoms with van der Waals surface area (Å²) < 4.78 is 7.99. The highest BCUT2D eigenvalue weighted by molar-refractivity contribution is 9.11. The minimum absolute atomic E-state index is 0.155. The van der Waals surface area contributed by atoms with Gasteiger partial charge in [0.05, 0.1) is 22.6 Å². The predicted molar refractivity (Wildman–Crippen MR) is 106 cm³/mol. The number of fused-ring (bicyclic) bond motifs is 1. The molecule has 0 spiro atoms. The zero-order valence-electron chi connectivity index (χ0n) is 14.5. The molecule has 1 aromatic carbocycles. The Morgan fingerprint density at radius 1 is 1.23 bits per heavy atom. The van der Waals surface area contributed by atoms with E-state index in [1.54, 1.807) is 6.07 Å². The van der Waals surface area contributed by atoms with Gasteiger partial charge < -0.3 is 14.4 Å². The SMILES string of the molecule is CCc1nc2c(C)cc(C(=O)OC)nc2n1Cc1cc(Br)c(O)c(Br)c1. The number of nitrogens with zero attached hydrogens (tertiary/aromatic N) is 3. The zero-order chi connectivity index (χ0) is 19.0. The Morgan fingerprint density at radius 3 is 2.46 bits per heavy atom. The molecule has 0 radical (unpaired) electrons. The van der Waals surface area contributed by atoms with Crippen molar-refractivity contribution in [3.05, 3.63) is 49.8 Å². The second kappa shape index (κ2) is 7.36. The summed E-state index contributed by atoms with van der Waals surface area (Å²) in [5.74, 6) is 0.552. The van der Waals surface area contributed by atoms with E-state index in [9.17, 15) is 9.90 Å². The Hall–Kier alpha value is -1.93. The van der Waals surface area contributed by atoms with E-state index in [0.717, 1.165) is 28.9 Å². The topological polar surface area (TPSA) is 77.2 Å². The predicted octanol–water partition coefficient (Wildman–Crippen LogP) is 4.37. The van der Waals surface area contributed by atoms with Crippen LogP contribution in [-0.4, -0.2) is 32.7 Å². The van der Waals surface area contributed by atoms with Gasteiger partial charge in [-0.3, -0.25) is 0 Å². The van der Waals surface area contributed by atoms with Gasteiger partial charge in [0.1, 0.15) is 17.1 Å². The first-order chi connectivity index (χ1) is 12.3. The molecule has 0 saturated carbocycles. The lowest BCUT2D eigenvalue weighted by Gasteiger charge is -2.11. The number of hydrogen-bond donors (Lipinski definition) is 1. The number of ether oxygens (including phenoxy) is 1. The maximum Gasteiger partial charge on any atom is 0.356 e. The number of aromatic nitrogens is 3. The number of aromatic hydroxyl groups is 1. The maximum absolute atomic E-state index is 11.9. The van der Waals surface area contributed by atoms with Crippen molar-refractivity contribution in [2.24, 2.45) is 0 Å². The van der Waals surface area contributed by atoms with Crippen molar-refractivity contribution in [1.82, 2.24) is 14.5 Å². The number of rotatable bonds is 4. The van der Waals surface area contributed by atoms with E-state index in [4.69, 9.17) is 9.72 Å². The zero-order valence-corrected chi connectivity index (χ0v) is 17.7. The van der Waals surface area contributed by atoms with E-state index in [0.29, 0.717) is 21.1 Å². The molecular weight excluding hydrogens is 466 g/mol. The number of methoxy groups -OCH3 is 1. The van der Waals surface area contributed by atoms with Crippen LogP contribution in [0.1, 0.15) is 34.4 Å². The van der Waals surface area contributed by atoms with Crippen molar-refractivity contribution in [1.29, 1.82) is 0 Å². The van der Waals surface area contributed by atoms with Crippen LogP contribution in [0.2, 0.25) is 0 Å². The van der Waals surface area contributed by atoms with Crippen LogP contribution in [0.15, 0.2) is 27.1 Å². The fraction of sp³-hybridized carbons (Fsp3) is 0.278. The van der Waals surface area contributed by atoms with Crippen molar-refractivity contribution >= 4 is 49.0 Å². The Balaban J connectivity index is 2.17. The Bertz CT molecular complexity index is 992. The first-order valence-electron chi connectivity index (χ1n) is 7.97. The third kappa shape index (κ3) is 3.35. The quantitative estimate of drug-likeness (QED) is 0.558. The van der Waals surface area contributed by atoms with Gasteiger partial charge in [-0.05, 0) is 68.1 Å². The van der Waals surface area contributed by atoms with Crippen molar-refractivity contribution in [3.63, 3.8) is 0 Å². The molecule has 136 valence electrons. The van der Waals surface area contributed by atoms with Gasteiger partial charge >= 0.3 is 5.97 Å². The van der Waals surface area contributed by atoms with Gasteiger partial charge in [0.2, 0.25) is 0 Å². The molecular formula is C18H17Br2N3O3. The molecule has 3 aromatic rings. The molecule has 0 aliphatic rings. The Labute approximate surface area is 167 Å². The minimum Gasteiger partial charge on any atom is -0.506 e. The summed E-state index contributed by atoms with van der Waals surface area (Å²) in [4.78, 5) is 21.1. The third-order valence-corrected chi connectivity index (χ3v) is 5.31. The Morgan fingerprint density at radius 2 is 1.88 bits per heavy atom. The minimum atomic E-state index is -0.476. The number of phenols is 1. The van der Waals surface area contributed by atoms with Crippen molar-refractivity contribution in [3.8, 4) is 5.75 Å². The number of aryl methyl sites for hydroxylation is 2. The number of phenolic OH excluding ortho intramolecular Hbond substituents is 1.